The minimum Gasteiger partial charge on any atom is -0.264 e. The molecule has 0 spiro atoms. The second-order valence-electron chi connectivity index (χ2n) is 6.72. The predicted octanol–water partition coefficient (Wildman–Crippen LogP) is 5.03. The number of hydrogen-bond donors (Lipinski definition) is 0. The quantitative estimate of drug-likeness (QED) is 0.608. The number of allylic oxidation sites excluding steroid dienone is 4. The van der Waals surface area contributed by atoms with E-state index in [1.807, 2.05) is 0 Å². The summed E-state index contributed by atoms with van der Waals surface area (Å²) < 4.78 is 5.44. The van der Waals surface area contributed by atoms with Gasteiger partial charge >= 0.3 is 0 Å². The van der Waals surface area contributed by atoms with Gasteiger partial charge in [-0.1, -0.05) is 24.3 Å². The third-order valence-corrected chi connectivity index (χ3v) is 7.26. The molecule has 0 fully saturated rings. The zero-order chi connectivity index (χ0) is 15.4. The van der Waals surface area contributed by atoms with Crippen LogP contribution in [0.2, 0.25) is 0 Å². The molecule has 0 aliphatic heterocycles. The van der Waals surface area contributed by atoms with Gasteiger partial charge in [0, 0.05) is 29.8 Å². The summed E-state index contributed by atoms with van der Waals surface area (Å²) in [5.41, 5.74) is 0.555. The lowest BCUT2D eigenvalue weighted by molar-refractivity contribution is 0.255. The summed E-state index contributed by atoms with van der Waals surface area (Å²) in [6, 6.07) is 2.29. The van der Waals surface area contributed by atoms with Crippen LogP contribution in [0.5, 0.6) is 0 Å². The van der Waals surface area contributed by atoms with E-state index in [4.69, 9.17) is 0 Å². The molecule has 0 saturated heterocycles. The number of rotatable bonds is 7. The molecule has 1 rings (SSSR count). The summed E-state index contributed by atoms with van der Waals surface area (Å²) in [4.78, 5) is 0. The number of nitrogens with zero attached hydrogens (tertiary/aromatic N) is 2. The molecule has 0 heterocycles. The summed E-state index contributed by atoms with van der Waals surface area (Å²) in [5, 5.41) is 0. The van der Waals surface area contributed by atoms with Gasteiger partial charge in [-0.15, -0.1) is 0 Å². The van der Waals surface area contributed by atoms with Crippen molar-refractivity contribution in [3.05, 3.63) is 24.3 Å². The molecular formula is C17H33N2P. The van der Waals surface area contributed by atoms with Crippen molar-refractivity contribution in [1.29, 1.82) is 0 Å². The monoisotopic (exact) mass is 296 g/mol. The van der Waals surface area contributed by atoms with E-state index in [0.717, 1.165) is 0 Å². The highest BCUT2D eigenvalue weighted by atomic mass is 31.1. The molecule has 0 saturated carbocycles. The molecule has 116 valence electrons. The highest BCUT2D eigenvalue weighted by Crippen LogP contribution is 2.55. The fourth-order valence-corrected chi connectivity index (χ4v) is 6.39. The Kier molecular flexibility index (Phi) is 6.91. The van der Waals surface area contributed by atoms with E-state index in [0.29, 0.717) is 29.8 Å². The Morgan fingerprint density at radius 1 is 0.650 bits per heavy atom. The van der Waals surface area contributed by atoms with Gasteiger partial charge in [-0.05, 0) is 55.4 Å². The minimum absolute atomic E-state index is 0.353. The van der Waals surface area contributed by atoms with Crippen molar-refractivity contribution in [3.8, 4) is 0 Å². The van der Waals surface area contributed by atoms with Crippen LogP contribution in [0.1, 0.15) is 55.4 Å². The second-order valence-corrected chi connectivity index (χ2v) is 8.88. The molecule has 0 atom stereocenters. The van der Waals surface area contributed by atoms with Crippen molar-refractivity contribution >= 4 is 8.22 Å². The van der Waals surface area contributed by atoms with Crippen LogP contribution in [0.15, 0.2) is 24.3 Å². The molecule has 0 bridgehead atoms. The third kappa shape index (κ3) is 4.16. The molecule has 0 aromatic heterocycles. The Morgan fingerprint density at radius 2 is 0.950 bits per heavy atom. The van der Waals surface area contributed by atoms with Crippen LogP contribution in [-0.4, -0.2) is 39.2 Å². The zero-order valence-electron chi connectivity index (χ0n) is 14.5. The maximum atomic E-state index is 2.72. The van der Waals surface area contributed by atoms with Crippen LogP contribution >= 0.6 is 8.22 Å². The van der Waals surface area contributed by atoms with Gasteiger partial charge in [0.25, 0.3) is 0 Å². The Morgan fingerprint density at radius 3 is 1.20 bits per heavy atom. The van der Waals surface area contributed by atoms with Gasteiger partial charge in [-0.2, -0.15) is 0 Å². The molecule has 20 heavy (non-hydrogen) atoms. The average molecular weight is 296 g/mol. The fraction of sp³-hybridized carbons (Fsp3) is 0.765. The lowest BCUT2D eigenvalue weighted by Gasteiger charge is -2.49. The van der Waals surface area contributed by atoms with Crippen molar-refractivity contribution in [2.75, 3.05) is 0 Å². The maximum absolute atomic E-state index is 2.72. The van der Waals surface area contributed by atoms with Crippen molar-refractivity contribution in [2.45, 2.75) is 85.2 Å². The SMILES string of the molecule is CC(C)N(C(C)C)P(C1C=CC=C1)N(C(C)C)C(C)C. The molecule has 0 aromatic rings. The van der Waals surface area contributed by atoms with Gasteiger partial charge in [-0.3, -0.25) is 9.34 Å². The predicted molar refractivity (Wildman–Crippen MR) is 93.2 cm³/mol. The van der Waals surface area contributed by atoms with E-state index < -0.39 is 0 Å². The number of hydrogen-bond acceptors (Lipinski definition) is 2. The fourth-order valence-electron chi connectivity index (χ4n) is 3.14. The van der Waals surface area contributed by atoms with Crippen LogP contribution < -0.4 is 0 Å². The van der Waals surface area contributed by atoms with Crippen molar-refractivity contribution < 1.29 is 0 Å². The average Bonchev–Trinajstić information content (AvgIpc) is 2.78. The molecule has 1 aliphatic rings. The normalized spacial score (nSPS) is 16.6. The van der Waals surface area contributed by atoms with Gasteiger partial charge in [0.2, 0.25) is 0 Å². The summed E-state index contributed by atoms with van der Waals surface area (Å²) in [6.45, 7) is 18.6. The van der Waals surface area contributed by atoms with Gasteiger partial charge in [0.1, 0.15) is 0 Å². The lowest BCUT2D eigenvalue weighted by Crippen LogP contribution is -2.45. The smallest absolute Gasteiger partial charge is 0.0517 e. The molecule has 0 amide bonds. The van der Waals surface area contributed by atoms with Crippen molar-refractivity contribution in [2.24, 2.45) is 0 Å². The van der Waals surface area contributed by atoms with E-state index in [2.05, 4.69) is 89.0 Å². The minimum atomic E-state index is -0.353. The lowest BCUT2D eigenvalue weighted by atomic mass is 10.3. The first-order valence-electron chi connectivity index (χ1n) is 7.98. The Bertz CT molecular complexity index is 297. The molecule has 0 N–H and O–H groups in total. The maximum Gasteiger partial charge on any atom is 0.0517 e. The molecule has 0 unspecified atom stereocenters. The van der Waals surface area contributed by atoms with Crippen LogP contribution in [0, 0.1) is 0 Å². The molecule has 0 radical (unpaired) electrons. The van der Waals surface area contributed by atoms with Gasteiger partial charge in [-0.25, -0.2) is 0 Å². The highest BCUT2D eigenvalue weighted by Gasteiger charge is 2.36. The van der Waals surface area contributed by atoms with E-state index >= 15 is 0 Å². The first-order valence-corrected chi connectivity index (χ1v) is 9.29. The van der Waals surface area contributed by atoms with E-state index in [-0.39, 0.29) is 8.22 Å². The van der Waals surface area contributed by atoms with Gasteiger partial charge in [0.15, 0.2) is 0 Å². The van der Waals surface area contributed by atoms with Crippen LogP contribution in [0.25, 0.3) is 0 Å². The first-order chi connectivity index (χ1) is 9.27. The Balaban J connectivity index is 3.18. The van der Waals surface area contributed by atoms with E-state index in [1.54, 1.807) is 0 Å². The summed E-state index contributed by atoms with van der Waals surface area (Å²) in [6.07, 6.45) is 9.16. The van der Waals surface area contributed by atoms with Crippen molar-refractivity contribution in [3.63, 3.8) is 0 Å². The Hall–Kier alpha value is -0.170. The van der Waals surface area contributed by atoms with Crippen molar-refractivity contribution in [1.82, 2.24) is 9.34 Å². The van der Waals surface area contributed by atoms with Gasteiger partial charge < -0.3 is 0 Å². The Labute approximate surface area is 127 Å². The summed E-state index contributed by atoms with van der Waals surface area (Å²) >= 11 is 0. The molecule has 0 aromatic carbocycles. The second kappa shape index (κ2) is 7.73. The van der Waals surface area contributed by atoms with E-state index in [1.165, 1.54) is 0 Å². The first kappa shape index (κ1) is 17.9. The van der Waals surface area contributed by atoms with Crippen LogP contribution in [-0.2, 0) is 0 Å². The molecular weight excluding hydrogens is 263 g/mol. The standard InChI is InChI=1S/C17H33N2P/c1-13(2)18(14(3)4)20(17-11-9-10-12-17)19(15(5)6)16(7)8/h9-17H,1-8H3. The summed E-state index contributed by atoms with van der Waals surface area (Å²) in [7, 11) is -0.353. The largest absolute Gasteiger partial charge is 0.264 e. The molecule has 1 aliphatic carbocycles. The van der Waals surface area contributed by atoms with Crippen LogP contribution in [0.4, 0.5) is 0 Å². The molecule has 3 heteroatoms. The van der Waals surface area contributed by atoms with Crippen LogP contribution in [0.3, 0.4) is 0 Å². The summed E-state index contributed by atoms with van der Waals surface area (Å²) in [5.74, 6) is 0. The molecule has 2 nitrogen and oxygen atoms in total. The third-order valence-electron chi connectivity index (χ3n) is 3.58. The highest BCUT2D eigenvalue weighted by molar-refractivity contribution is 7.54. The van der Waals surface area contributed by atoms with E-state index in [9.17, 15) is 0 Å². The zero-order valence-corrected chi connectivity index (χ0v) is 15.4. The topological polar surface area (TPSA) is 6.48 Å². The van der Waals surface area contributed by atoms with Gasteiger partial charge in [0.05, 0.1) is 8.22 Å².